The molecule has 2 aromatic carbocycles. The Morgan fingerprint density at radius 2 is 1.84 bits per heavy atom. The highest BCUT2D eigenvalue weighted by Gasteiger charge is 2.30. The van der Waals surface area contributed by atoms with E-state index in [1.165, 1.54) is 0 Å². The van der Waals surface area contributed by atoms with Crippen molar-refractivity contribution in [2.24, 2.45) is 0 Å². The normalized spacial score (nSPS) is 15.5. The van der Waals surface area contributed by atoms with E-state index in [0.29, 0.717) is 0 Å². The van der Waals surface area contributed by atoms with E-state index in [4.69, 9.17) is 0 Å². The first kappa shape index (κ1) is 22.5. The van der Waals surface area contributed by atoms with Gasteiger partial charge in [0.1, 0.15) is 11.3 Å². The Bertz CT molecular complexity index is 916. The Morgan fingerprint density at radius 3 is 2.45 bits per heavy atom. The molecule has 0 radical (unpaired) electrons. The maximum Gasteiger partial charge on any atom is 0.422 e. The quantitative estimate of drug-likeness (QED) is 0.497. The number of hydrogen-bond donors (Lipinski definition) is 1. The molecular formula is C21H22F3N3O4. The van der Waals surface area contributed by atoms with Crippen LogP contribution in [0.1, 0.15) is 34.8 Å². The van der Waals surface area contributed by atoms with Gasteiger partial charge in [0.05, 0.1) is 11.0 Å². The summed E-state index contributed by atoms with van der Waals surface area (Å²) in [5.41, 5.74) is 0.147. The summed E-state index contributed by atoms with van der Waals surface area (Å²) >= 11 is 0. The predicted octanol–water partition coefficient (Wildman–Crippen LogP) is 4.10. The highest BCUT2D eigenvalue weighted by atomic mass is 19.4. The van der Waals surface area contributed by atoms with Gasteiger partial charge in [0.2, 0.25) is 0 Å². The van der Waals surface area contributed by atoms with Gasteiger partial charge in [0.15, 0.2) is 6.61 Å². The average molecular weight is 437 g/mol. The fourth-order valence-electron chi connectivity index (χ4n) is 3.58. The molecule has 0 saturated carbocycles. The van der Waals surface area contributed by atoms with Crippen molar-refractivity contribution in [3.05, 3.63) is 69.8 Å². The molecule has 10 heteroatoms. The minimum atomic E-state index is -4.57. The molecule has 1 atom stereocenters. The lowest BCUT2D eigenvalue weighted by molar-refractivity contribution is -0.385. The number of halogens is 3. The van der Waals surface area contributed by atoms with Crippen molar-refractivity contribution in [2.75, 3.05) is 26.2 Å². The van der Waals surface area contributed by atoms with Crippen LogP contribution in [0.15, 0.2) is 48.5 Å². The number of nitrogens with one attached hydrogen (secondary N) is 1. The number of nitrogens with zero attached hydrogens (tertiary/aromatic N) is 2. The number of hydrogen-bond acceptors (Lipinski definition) is 5. The summed E-state index contributed by atoms with van der Waals surface area (Å²) in [5.74, 6) is -1.02. The van der Waals surface area contributed by atoms with Crippen LogP contribution in [0.25, 0.3) is 0 Å². The zero-order valence-corrected chi connectivity index (χ0v) is 16.6. The molecule has 0 bridgehead atoms. The molecule has 1 aliphatic heterocycles. The number of carbonyl (C=O) groups is 1. The van der Waals surface area contributed by atoms with E-state index in [1.54, 1.807) is 0 Å². The van der Waals surface area contributed by atoms with Crippen LogP contribution < -0.4 is 10.1 Å². The summed E-state index contributed by atoms with van der Waals surface area (Å²) in [6.45, 7) is 0.386. The Labute approximate surface area is 177 Å². The molecule has 1 heterocycles. The van der Waals surface area contributed by atoms with E-state index < -0.39 is 29.3 Å². The van der Waals surface area contributed by atoms with Crippen LogP contribution in [0.5, 0.6) is 5.75 Å². The number of nitro groups is 1. The zero-order chi connectivity index (χ0) is 22.4. The number of ether oxygens (including phenoxy) is 1. The molecule has 166 valence electrons. The smallest absolute Gasteiger partial charge is 0.422 e. The largest absolute Gasteiger partial charge is 0.484 e. The number of amides is 1. The van der Waals surface area contributed by atoms with Gasteiger partial charge in [-0.25, -0.2) is 0 Å². The molecule has 31 heavy (non-hydrogen) atoms. The Balaban J connectivity index is 1.77. The molecular weight excluding hydrogens is 415 g/mol. The van der Waals surface area contributed by atoms with Crippen LogP contribution in [0.2, 0.25) is 0 Å². The molecule has 1 fully saturated rings. The Kier molecular flexibility index (Phi) is 7.11. The van der Waals surface area contributed by atoms with Gasteiger partial charge < -0.3 is 10.1 Å². The second-order valence-electron chi connectivity index (χ2n) is 7.22. The minimum absolute atomic E-state index is 0.114. The standard InChI is InChI=1S/C21H22F3N3O4/c22-21(23,24)14-31-16-8-9-18(27(29)30)17(12-16)20(28)25-13-19(26-10-4-5-11-26)15-6-2-1-3-7-15/h1-3,6-9,12,19H,4-5,10-11,13-14H2,(H,25,28). The van der Waals surface area contributed by atoms with Crippen LogP contribution in [-0.4, -0.2) is 48.1 Å². The van der Waals surface area contributed by atoms with Crippen LogP contribution in [0.3, 0.4) is 0 Å². The summed E-state index contributed by atoms with van der Waals surface area (Å²) in [6, 6.07) is 12.4. The maximum absolute atomic E-state index is 12.8. The Morgan fingerprint density at radius 1 is 1.16 bits per heavy atom. The van der Waals surface area contributed by atoms with Gasteiger partial charge in [-0.2, -0.15) is 13.2 Å². The van der Waals surface area contributed by atoms with Gasteiger partial charge >= 0.3 is 6.18 Å². The molecule has 1 amide bonds. The first-order valence-corrected chi connectivity index (χ1v) is 9.80. The molecule has 1 unspecified atom stereocenters. The first-order chi connectivity index (χ1) is 14.7. The summed E-state index contributed by atoms with van der Waals surface area (Å²) in [7, 11) is 0. The number of rotatable bonds is 8. The number of carbonyl (C=O) groups excluding carboxylic acids is 1. The van der Waals surface area contributed by atoms with Crippen molar-refractivity contribution in [1.82, 2.24) is 10.2 Å². The molecule has 0 aliphatic carbocycles. The van der Waals surface area contributed by atoms with Crippen LogP contribution in [-0.2, 0) is 0 Å². The van der Waals surface area contributed by atoms with Crippen molar-refractivity contribution in [2.45, 2.75) is 25.1 Å². The summed E-state index contributed by atoms with van der Waals surface area (Å²) in [5, 5.41) is 14.0. The summed E-state index contributed by atoms with van der Waals surface area (Å²) in [6.07, 6.45) is -2.48. The van der Waals surface area contributed by atoms with Gasteiger partial charge in [-0.1, -0.05) is 30.3 Å². The zero-order valence-electron chi connectivity index (χ0n) is 16.6. The van der Waals surface area contributed by atoms with Gasteiger partial charge in [-0.15, -0.1) is 0 Å². The third-order valence-electron chi connectivity index (χ3n) is 5.03. The van der Waals surface area contributed by atoms with Gasteiger partial charge in [-0.3, -0.25) is 19.8 Å². The minimum Gasteiger partial charge on any atom is -0.484 e. The number of nitro benzene ring substituents is 1. The SMILES string of the molecule is O=C(NCC(c1ccccc1)N1CCCC1)c1cc(OCC(F)(F)F)ccc1[N+](=O)[O-]. The molecule has 7 nitrogen and oxygen atoms in total. The number of benzene rings is 2. The van der Waals surface area contributed by atoms with Crippen molar-refractivity contribution in [1.29, 1.82) is 0 Å². The van der Waals surface area contributed by atoms with Crippen LogP contribution in [0, 0.1) is 10.1 Å². The van der Waals surface area contributed by atoms with Gasteiger partial charge in [0, 0.05) is 12.6 Å². The molecule has 1 saturated heterocycles. The lowest BCUT2D eigenvalue weighted by Crippen LogP contribution is -2.37. The molecule has 1 aliphatic rings. The van der Waals surface area contributed by atoms with Crippen molar-refractivity contribution in [3.8, 4) is 5.75 Å². The monoisotopic (exact) mass is 437 g/mol. The number of likely N-dealkylation sites (tertiary alicyclic amines) is 1. The third-order valence-corrected chi connectivity index (χ3v) is 5.03. The summed E-state index contributed by atoms with van der Waals surface area (Å²) < 4.78 is 41.9. The molecule has 3 rings (SSSR count). The predicted molar refractivity (Wildman–Crippen MR) is 107 cm³/mol. The van der Waals surface area contributed by atoms with E-state index >= 15 is 0 Å². The van der Waals surface area contributed by atoms with Crippen molar-refractivity contribution >= 4 is 11.6 Å². The fraction of sp³-hybridized carbons (Fsp3) is 0.381. The first-order valence-electron chi connectivity index (χ1n) is 9.80. The van der Waals surface area contributed by atoms with Gasteiger partial charge in [-0.05, 0) is 43.6 Å². The highest BCUT2D eigenvalue weighted by molar-refractivity contribution is 5.98. The third kappa shape index (κ3) is 6.17. The molecule has 1 N–H and O–H groups in total. The topological polar surface area (TPSA) is 84.7 Å². The summed E-state index contributed by atoms with van der Waals surface area (Å²) in [4.78, 5) is 25.6. The second kappa shape index (κ2) is 9.78. The number of alkyl halides is 3. The Hall–Kier alpha value is -3.14. The molecule has 0 aromatic heterocycles. The van der Waals surface area contributed by atoms with Gasteiger partial charge in [0.25, 0.3) is 11.6 Å². The maximum atomic E-state index is 12.8. The van der Waals surface area contributed by atoms with Crippen LogP contribution in [0.4, 0.5) is 18.9 Å². The lowest BCUT2D eigenvalue weighted by atomic mass is 10.1. The second-order valence-corrected chi connectivity index (χ2v) is 7.22. The average Bonchev–Trinajstić information content (AvgIpc) is 3.27. The van der Waals surface area contributed by atoms with E-state index in [0.717, 1.165) is 49.7 Å². The fourth-order valence-corrected chi connectivity index (χ4v) is 3.58. The van der Waals surface area contributed by atoms with E-state index in [1.807, 2.05) is 30.3 Å². The molecule has 2 aromatic rings. The van der Waals surface area contributed by atoms with E-state index in [9.17, 15) is 28.1 Å². The van der Waals surface area contributed by atoms with Crippen molar-refractivity contribution in [3.63, 3.8) is 0 Å². The van der Waals surface area contributed by atoms with Crippen LogP contribution >= 0.6 is 0 Å². The molecule has 0 spiro atoms. The highest BCUT2D eigenvalue weighted by Crippen LogP contribution is 2.27. The van der Waals surface area contributed by atoms with E-state index in [2.05, 4.69) is 15.0 Å². The van der Waals surface area contributed by atoms with Crippen molar-refractivity contribution < 1.29 is 27.6 Å². The lowest BCUT2D eigenvalue weighted by Gasteiger charge is -2.28. The van der Waals surface area contributed by atoms with E-state index in [-0.39, 0.29) is 23.9 Å².